The highest BCUT2D eigenvalue weighted by Crippen LogP contribution is 2.17. The minimum Gasteiger partial charge on any atom is -0.475 e. The topological polar surface area (TPSA) is 65.7 Å². The van der Waals surface area contributed by atoms with E-state index < -0.39 is 5.97 Å². The Labute approximate surface area is 108 Å². The zero-order chi connectivity index (χ0) is 13.9. The summed E-state index contributed by atoms with van der Waals surface area (Å²) in [5, 5.41) is 12.1. The van der Waals surface area contributed by atoms with Crippen molar-refractivity contribution >= 4 is 5.97 Å². The average molecular weight is 254 g/mol. The number of hydrogen-bond donors (Lipinski definition) is 2. The minimum atomic E-state index is -1.04. The van der Waals surface area contributed by atoms with Gasteiger partial charge in [0.2, 0.25) is 5.76 Å². The van der Waals surface area contributed by atoms with Crippen LogP contribution in [0.5, 0.6) is 0 Å². The molecular weight excluding hydrogens is 232 g/mol. The summed E-state index contributed by atoms with van der Waals surface area (Å²) in [6.45, 7) is 7.01. The first kappa shape index (κ1) is 14.7. The molecule has 0 fully saturated rings. The molecular formula is C13H22N2O3. The molecule has 0 saturated carbocycles. The highest BCUT2D eigenvalue weighted by atomic mass is 16.4. The Morgan fingerprint density at radius 3 is 2.56 bits per heavy atom. The molecule has 5 heteroatoms. The Balaban J connectivity index is 2.60. The SMILES string of the molecule is CC(NCC(C)(C)N(C)C)c1ccc(C(=O)O)o1. The van der Waals surface area contributed by atoms with Gasteiger partial charge in [-0.15, -0.1) is 0 Å². The fourth-order valence-corrected chi connectivity index (χ4v) is 1.36. The molecule has 0 aliphatic carbocycles. The van der Waals surface area contributed by atoms with Crippen molar-refractivity contribution in [1.82, 2.24) is 10.2 Å². The molecule has 0 aromatic carbocycles. The van der Waals surface area contributed by atoms with Crippen molar-refractivity contribution in [2.45, 2.75) is 32.4 Å². The van der Waals surface area contributed by atoms with E-state index in [9.17, 15) is 4.79 Å². The van der Waals surface area contributed by atoms with Crippen LogP contribution in [0.1, 0.15) is 43.1 Å². The number of likely N-dealkylation sites (N-methyl/N-ethyl adjacent to an activating group) is 1. The van der Waals surface area contributed by atoms with Crippen LogP contribution in [0, 0.1) is 0 Å². The number of nitrogens with zero attached hydrogens (tertiary/aromatic N) is 1. The molecule has 1 aromatic rings. The van der Waals surface area contributed by atoms with Gasteiger partial charge in [0.1, 0.15) is 5.76 Å². The van der Waals surface area contributed by atoms with E-state index in [0.717, 1.165) is 6.54 Å². The van der Waals surface area contributed by atoms with Crippen molar-refractivity contribution in [3.63, 3.8) is 0 Å². The molecule has 0 aliphatic rings. The van der Waals surface area contributed by atoms with E-state index in [1.165, 1.54) is 6.07 Å². The summed E-state index contributed by atoms with van der Waals surface area (Å²) >= 11 is 0. The quantitative estimate of drug-likeness (QED) is 0.812. The number of carboxylic acids is 1. The van der Waals surface area contributed by atoms with E-state index in [-0.39, 0.29) is 17.3 Å². The van der Waals surface area contributed by atoms with Crippen LogP contribution in [0.2, 0.25) is 0 Å². The van der Waals surface area contributed by atoms with Crippen LogP contribution in [0.15, 0.2) is 16.5 Å². The molecule has 102 valence electrons. The summed E-state index contributed by atoms with van der Waals surface area (Å²) in [4.78, 5) is 12.9. The largest absolute Gasteiger partial charge is 0.475 e. The number of rotatable bonds is 6. The fourth-order valence-electron chi connectivity index (χ4n) is 1.36. The van der Waals surface area contributed by atoms with Crippen LogP contribution in [0.25, 0.3) is 0 Å². The fraction of sp³-hybridized carbons (Fsp3) is 0.615. The molecule has 1 unspecified atom stereocenters. The zero-order valence-electron chi connectivity index (χ0n) is 11.7. The Hall–Kier alpha value is -1.33. The molecule has 18 heavy (non-hydrogen) atoms. The normalized spacial score (nSPS) is 13.9. The van der Waals surface area contributed by atoms with Gasteiger partial charge >= 0.3 is 5.97 Å². The summed E-state index contributed by atoms with van der Waals surface area (Å²) in [6, 6.07) is 3.16. The summed E-state index contributed by atoms with van der Waals surface area (Å²) in [5.41, 5.74) is 0.0243. The molecule has 0 spiro atoms. The number of nitrogens with one attached hydrogen (secondary N) is 1. The Morgan fingerprint density at radius 2 is 2.11 bits per heavy atom. The lowest BCUT2D eigenvalue weighted by Crippen LogP contribution is -2.47. The zero-order valence-corrected chi connectivity index (χ0v) is 11.7. The molecule has 5 nitrogen and oxygen atoms in total. The van der Waals surface area contributed by atoms with E-state index >= 15 is 0 Å². The molecule has 1 aromatic heterocycles. The standard InChI is InChI=1S/C13H22N2O3/c1-9(14-8-13(2,3)15(4)5)10-6-7-11(18-10)12(16)17/h6-7,9,14H,8H2,1-5H3,(H,16,17). The maximum Gasteiger partial charge on any atom is 0.371 e. The van der Waals surface area contributed by atoms with Gasteiger partial charge in [0.15, 0.2) is 0 Å². The predicted octanol–water partition coefficient (Wildman–Crippen LogP) is 1.97. The summed E-state index contributed by atoms with van der Waals surface area (Å²) in [6.07, 6.45) is 0. The van der Waals surface area contributed by atoms with Gasteiger partial charge < -0.3 is 19.7 Å². The molecule has 1 heterocycles. The van der Waals surface area contributed by atoms with E-state index in [1.54, 1.807) is 6.07 Å². The lowest BCUT2D eigenvalue weighted by Gasteiger charge is -2.33. The number of carboxylic acid groups (broad SMARTS) is 1. The van der Waals surface area contributed by atoms with Gasteiger partial charge in [-0.2, -0.15) is 0 Å². The molecule has 1 atom stereocenters. The first-order chi connectivity index (χ1) is 8.24. The van der Waals surface area contributed by atoms with Crippen LogP contribution < -0.4 is 5.32 Å². The highest BCUT2D eigenvalue weighted by Gasteiger charge is 2.22. The number of hydrogen-bond acceptors (Lipinski definition) is 4. The lowest BCUT2D eigenvalue weighted by molar-refractivity contribution is 0.0659. The smallest absolute Gasteiger partial charge is 0.371 e. The van der Waals surface area contributed by atoms with Crippen molar-refractivity contribution in [2.75, 3.05) is 20.6 Å². The first-order valence-corrected chi connectivity index (χ1v) is 5.98. The van der Waals surface area contributed by atoms with Crippen molar-refractivity contribution in [2.24, 2.45) is 0 Å². The summed E-state index contributed by atoms with van der Waals surface area (Å²) in [7, 11) is 4.06. The second kappa shape index (κ2) is 5.54. The van der Waals surface area contributed by atoms with Crippen molar-refractivity contribution in [3.05, 3.63) is 23.7 Å². The molecule has 1 rings (SSSR count). The van der Waals surface area contributed by atoms with E-state index in [2.05, 4.69) is 24.1 Å². The van der Waals surface area contributed by atoms with Gasteiger partial charge in [-0.25, -0.2) is 4.79 Å². The molecule has 0 radical (unpaired) electrons. The third-order valence-electron chi connectivity index (χ3n) is 3.32. The first-order valence-electron chi connectivity index (χ1n) is 5.98. The van der Waals surface area contributed by atoms with Crippen LogP contribution in [0.4, 0.5) is 0 Å². The van der Waals surface area contributed by atoms with Crippen molar-refractivity contribution in [3.8, 4) is 0 Å². The van der Waals surface area contributed by atoms with Gasteiger partial charge in [-0.1, -0.05) is 0 Å². The molecule has 0 bridgehead atoms. The second-order valence-corrected chi connectivity index (χ2v) is 5.32. The van der Waals surface area contributed by atoms with Gasteiger partial charge in [0.05, 0.1) is 6.04 Å². The monoisotopic (exact) mass is 254 g/mol. The maximum absolute atomic E-state index is 10.7. The van der Waals surface area contributed by atoms with Gasteiger partial charge in [0, 0.05) is 12.1 Å². The van der Waals surface area contributed by atoms with Gasteiger partial charge in [0.25, 0.3) is 0 Å². The Bertz CT molecular complexity index is 410. The minimum absolute atomic E-state index is 0.0164. The Kier molecular flexibility index (Phi) is 4.53. The number of carbonyl (C=O) groups is 1. The predicted molar refractivity (Wildman–Crippen MR) is 69.9 cm³/mol. The highest BCUT2D eigenvalue weighted by molar-refractivity contribution is 5.84. The van der Waals surface area contributed by atoms with E-state index in [0.29, 0.717) is 5.76 Å². The third kappa shape index (κ3) is 3.58. The summed E-state index contributed by atoms with van der Waals surface area (Å²) < 4.78 is 5.26. The number of aromatic carboxylic acids is 1. The van der Waals surface area contributed by atoms with Gasteiger partial charge in [-0.05, 0) is 47.0 Å². The van der Waals surface area contributed by atoms with Crippen molar-refractivity contribution in [1.29, 1.82) is 0 Å². The third-order valence-corrected chi connectivity index (χ3v) is 3.32. The van der Waals surface area contributed by atoms with Crippen LogP contribution in [-0.4, -0.2) is 42.2 Å². The lowest BCUT2D eigenvalue weighted by atomic mass is 10.0. The molecule has 0 saturated heterocycles. The van der Waals surface area contributed by atoms with Crippen LogP contribution in [-0.2, 0) is 0 Å². The van der Waals surface area contributed by atoms with Crippen molar-refractivity contribution < 1.29 is 14.3 Å². The van der Waals surface area contributed by atoms with Crippen LogP contribution >= 0.6 is 0 Å². The average Bonchev–Trinajstić information content (AvgIpc) is 2.75. The molecule has 0 amide bonds. The summed E-state index contributed by atoms with van der Waals surface area (Å²) in [5.74, 6) is -0.422. The van der Waals surface area contributed by atoms with Gasteiger partial charge in [-0.3, -0.25) is 0 Å². The van der Waals surface area contributed by atoms with E-state index in [4.69, 9.17) is 9.52 Å². The second-order valence-electron chi connectivity index (χ2n) is 5.32. The maximum atomic E-state index is 10.7. The molecule has 2 N–H and O–H groups in total. The molecule has 0 aliphatic heterocycles. The van der Waals surface area contributed by atoms with Crippen LogP contribution in [0.3, 0.4) is 0 Å². The van der Waals surface area contributed by atoms with E-state index in [1.807, 2.05) is 21.0 Å². The number of furan rings is 1. The Morgan fingerprint density at radius 1 is 1.50 bits per heavy atom.